The summed E-state index contributed by atoms with van der Waals surface area (Å²) in [5.41, 5.74) is 7.83. The normalized spacial score (nSPS) is 10.3. The van der Waals surface area contributed by atoms with Crippen molar-refractivity contribution < 1.29 is 0 Å². The van der Waals surface area contributed by atoms with Crippen LogP contribution in [0.1, 0.15) is 5.56 Å². The number of hydrogen-bond acceptors (Lipinski definition) is 2. The van der Waals surface area contributed by atoms with Crippen LogP contribution in [0.3, 0.4) is 0 Å². The predicted octanol–water partition coefficient (Wildman–Crippen LogP) is 0.847. The molecule has 0 saturated carbocycles. The number of nitrogens with one attached hydrogen (secondary N) is 2. The molecule has 4 heteroatoms. The summed E-state index contributed by atoms with van der Waals surface area (Å²) >= 11 is 0. The van der Waals surface area contributed by atoms with E-state index in [0.717, 1.165) is 11.0 Å². The van der Waals surface area contributed by atoms with Crippen molar-refractivity contribution in [3.8, 4) is 0 Å². The highest BCUT2D eigenvalue weighted by molar-refractivity contribution is 5.97. The quantitative estimate of drug-likeness (QED) is 0.427. The summed E-state index contributed by atoms with van der Waals surface area (Å²) in [6.45, 7) is 0. The number of H-pyrrole nitrogens is 1. The number of aromatic amines is 1. The number of fused-ring (bicyclic) bond motifs is 1. The lowest BCUT2D eigenvalue weighted by Gasteiger charge is -1.96. The monoisotopic (exact) mass is 160 g/mol. The van der Waals surface area contributed by atoms with Crippen LogP contribution in [0.2, 0.25) is 0 Å². The Morgan fingerprint density at radius 3 is 3.08 bits per heavy atom. The van der Waals surface area contributed by atoms with Crippen molar-refractivity contribution in [2.75, 3.05) is 0 Å². The molecule has 0 aliphatic rings. The van der Waals surface area contributed by atoms with E-state index < -0.39 is 0 Å². The van der Waals surface area contributed by atoms with Crippen molar-refractivity contribution in [3.05, 3.63) is 30.1 Å². The van der Waals surface area contributed by atoms with E-state index in [-0.39, 0.29) is 5.84 Å². The minimum Gasteiger partial charge on any atom is -0.384 e. The number of nitrogens with two attached hydrogens (primary N) is 1. The molecule has 60 valence electrons. The van der Waals surface area contributed by atoms with E-state index in [1.165, 1.54) is 0 Å². The van der Waals surface area contributed by atoms with Gasteiger partial charge in [0.05, 0.1) is 17.4 Å². The highest BCUT2D eigenvalue weighted by atomic mass is 14.9. The van der Waals surface area contributed by atoms with Gasteiger partial charge in [0.25, 0.3) is 0 Å². The maximum atomic E-state index is 7.21. The number of nitrogens with zero attached hydrogens (tertiary/aromatic N) is 1. The first-order chi connectivity index (χ1) is 5.77. The lowest BCUT2D eigenvalue weighted by molar-refractivity contribution is 1.34. The van der Waals surface area contributed by atoms with Gasteiger partial charge in [-0.15, -0.1) is 0 Å². The number of nitrogen functional groups attached to an aromatic ring is 1. The van der Waals surface area contributed by atoms with E-state index in [1.54, 1.807) is 12.4 Å². The second-order valence-corrected chi connectivity index (χ2v) is 2.55. The van der Waals surface area contributed by atoms with Gasteiger partial charge < -0.3 is 10.7 Å². The summed E-state index contributed by atoms with van der Waals surface area (Å²) in [6.07, 6.45) is 1.62. The molecule has 0 radical (unpaired) electrons. The van der Waals surface area contributed by atoms with Crippen LogP contribution in [0.25, 0.3) is 11.0 Å². The van der Waals surface area contributed by atoms with Gasteiger partial charge in [0, 0.05) is 5.56 Å². The van der Waals surface area contributed by atoms with Crippen LogP contribution in [0.15, 0.2) is 24.5 Å². The molecule has 4 N–H and O–H groups in total. The second kappa shape index (κ2) is 2.34. The highest BCUT2D eigenvalue weighted by Crippen LogP contribution is 2.10. The summed E-state index contributed by atoms with van der Waals surface area (Å²) in [5.74, 6) is 0.0755. The Labute approximate surface area is 68.9 Å². The van der Waals surface area contributed by atoms with Gasteiger partial charge in [-0.2, -0.15) is 0 Å². The van der Waals surface area contributed by atoms with Crippen LogP contribution in [-0.2, 0) is 0 Å². The Hall–Kier alpha value is -1.84. The minimum atomic E-state index is 0.0755. The van der Waals surface area contributed by atoms with Crippen molar-refractivity contribution in [1.29, 1.82) is 5.41 Å². The van der Waals surface area contributed by atoms with Gasteiger partial charge >= 0.3 is 0 Å². The lowest BCUT2D eigenvalue weighted by Crippen LogP contribution is -2.10. The third-order valence-electron chi connectivity index (χ3n) is 1.73. The fraction of sp³-hybridized carbons (Fsp3) is 0. The molecule has 12 heavy (non-hydrogen) atoms. The largest absolute Gasteiger partial charge is 0.384 e. The third-order valence-corrected chi connectivity index (χ3v) is 1.73. The predicted molar refractivity (Wildman–Crippen MR) is 47.1 cm³/mol. The topological polar surface area (TPSA) is 78.6 Å². The van der Waals surface area contributed by atoms with Crippen molar-refractivity contribution in [1.82, 2.24) is 9.97 Å². The number of benzene rings is 1. The molecular formula is C8H8N4. The van der Waals surface area contributed by atoms with Gasteiger partial charge in [-0.3, -0.25) is 5.41 Å². The standard InChI is InChI=1S/C8H8N4/c9-8(10)5-1-2-6-7(3-5)12-4-11-6/h1-4H,(H3,9,10)(H,11,12). The molecule has 0 unspecified atom stereocenters. The molecule has 2 aromatic rings. The Balaban J connectivity index is 2.68. The number of hydrogen-bond donors (Lipinski definition) is 3. The molecule has 0 atom stereocenters. The fourth-order valence-electron chi connectivity index (χ4n) is 1.10. The number of amidine groups is 1. The molecule has 0 fully saturated rings. The van der Waals surface area contributed by atoms with Crippen molar-refractivity contribution >= 4 is 16.9 Å². The van der Waals surface area contributed by atoms with Crippen molar-refractivity contribution in [2.45, 2.75) is 0 Å². The zero-order chi connectivity index (χ0) is 8.55. The molecule has 0 saturated heterocycles. The van der Waals surface area contributed by atoms with Gasteiger partial charge in [0.1, 0.15) is 5.84 Å². The van der Waals surface area contributed by atoms with Gasteiger partial charge in [0.2, 0.25) is 0 Å². The Morgan fingerprint density at radius 1 is 1.50 bits per heavy atom. The van der Waals surface area contributed by atoms with Gasteiger partial charge in [-0.25, -0.2) is 4.98 Å². The molecule has 1 aromatic carbocycles. The molecule has 1 heterocycles. The Kier molecular flexibility index (Phi) is 1.33. The van der Waals surface area contributed by atoms with E-state index in [0.29, 0.717) is 5.56 Å². The number of aromatic nitrogens is 2. The lowest BCUT2D eigenvalue weighted by atomic mass is 10.2. The van der Waals surface area contributed by atoms with Crippen LogP contribution in [-0.4, -0.2) is 15.8 Å². The summed E-state index contributed by atoms with van der Waals surface area (Å²) in [7, 11) is 0. The molecule has 0 spiro atoms. The average molecular weight is 160 g/mol. The van der Waals surface area contributed by atoms with Crippen molar-refractivity contribution in [3.63, 3.8) is 0 Å². The van der Waals surface area contributed by atoms with Crippen LogP contribution in [0.4, 0.5) is 0 Å². The highest BCUT2D eigenvalue weighted by Gasteiger charge is 1.99. The zero-order valence-corrected chi connectivity index (χ0v) is 6.33. The zero-order valence-electron chi connectivity index (χ0n) is 6.33. The van der Waals surface area contributed by atoms with Crippen LogP contribution < -0.4 is 5.73 Å². The van der Waals surface area contributed by atoms with E-state index in [2.05, 4.69) is 9.97 Å². The van der Waals surface area contributed by atoms with Crippen LogP contribution >= 0.6 is 0 Å². The summed E-state index contributed by atoms with van der Waals surface area (Å²) in [5, 5.41) is 7.21. The fourth-order valence-corrected chi connectivity index (χ4v) is 1.10. The van der Waals surface area contributed by atoms with Crippen LogP contribution in [0.5, 0.6) is 0 Å². The summed E-state index contributed by atoms with van der Waals surface area (Å²) in [6, 6.07) is 5.43. The molecule has 0 amide bonds. The second-order valence-electron chi connectivity index (χ2n) is 2.55. The van der Waals surface area contributed by atoms with Crippen molar-refractivity contribution in [2.24, 2.45) is 5.73 Å². The number of imidazole rings is 1. The van der Waals surface area contributed by atoms with E-state index in [4.69, 9.17) is 11.1 Å². The number of rotatable bonds is 1. The molecule has 0 aliphatic carbocycles. The average Bonchev–Trinajstić information content (AvgIpc) is 2.49. The first kappa shape index (κ1) is 6.84. The first-order valence-electron chi connectivity index (χ1n) is 3.55. The molecule has 2 rings (SSSR count). The molecule has 0 aliphatic heterocycles. The molecule has 0 bridgehead atoms. The van der Waals surface area contributed by atoms with E-state index in [9.17, 15) is 0 Å². The van der Waals surface area contributed by atoms with E-state index >= 15 is 0 Å². The SMILES string of the molecule is N=C(N)c1ccc2nc[nH]c2c1. The molecule has 4 nitrogen and oxygen atoms in total. The smallest absolute Gasteiger partial charge is 0.122 e. The van der Waals surface area contributed by atoms with Crippen LogP contribution in [0, 0.1) is 5.41 Å². The molecular weight excluding hydrogens is 152 g/mol. The Bertz CT molecular complexity index is 429. The minimum absolute atomic E-state index is 0.0755. The first-order valence-corrected chi connectivity index (χ1v) is 3.55. The summed E-state index contributed by atoms with van der Waals surface area (Å²) < 4.78 is 0. The van der Waals surface area contributed by atoms with Gasteiger partial charge in [0.15, 0.2) is 0 Å². The maximum absolute atomic E-state index is 7.21. The third kappa shape index (κ3) is 0.934. The summed E-state index contributed by atoms with van der Waals surface area (Å²) in [4.78, 5) is 7.00. The Morgan fingerprint density at radius 2 is 2.33 bits per heavy atom. The van der Waals surface area contributed by atoms with E-state index in [1.807, 2.05) is 12.1 Å². The van der Waals surface area contributed by atoms with Gasteiger partial charge in [-0.05, 0) is 18.2 Å². The van der Waals surface area contributed by atoms with Gasteiger partial charge in [-0.1, -0.05) is 0 Å². The maximum Gasteiger partial charge on any atom is 0.122 e. The molecule has 1 aromatic heterocycles.